The molecule has 9 nitrogen and oxygen atoms in total. The van der Waals surface area contributed by atoms with Crippen LogP contribution in [0, 0.1) is 6.92 Å². The zero-order valence-electron chi connectivity index (χ0n) is 19.8. The van der Waals surface area contributed by atoms with Gasteiger partial charge in [-0.1, -0.05) is 0 Å². The van der Waals surface area contributed by atoms with Crippen LogP contribution >= 0.6 is 0 Å². The van der Waals surface area contributed by atoms with Gasteiger partial charge >= 0.3 is 12.1 Å². The number of ether oxygens (including phenoxy) is 1. The third kappa shape index (κ3) is 5.88. The van der Waals surface area contributed by atoms with Crippen LogP contribution < -0.4 is 5.32 Å². The fourth-order valence-electron chi connectivity index (χ4n) is 4.46. The topological polar surface area (TPSA) is 121 Å². The molecular weight excluding hydrogens is 481 g/mol. The Morgan fingerprint density at radius 2 is 2.06 bits per heavy atom. The van der Waals surface area contributed by atoms with Crippen molar-refractivity contribution in [1.29, 1.82) is 0 Å². The molecule has 3 N–H and O–H groups in total. The third-order valence-corrected chi connectivity index (χ3v) is 6.07. The molecule has 1 aliphatic heterocycles. The smallest absolute Gasteiger partial charge is 0.416 e. The van der Waals surface area contributed by atoms with E-state index in [1.54, 1.807) is 12.1 Å². The van der Waals surface area contributed by atoms with Crippen molar-refractivity contribution in [3.8, 4) is 17.0 Å². The number of anilines is 1. The average molecular weight is 508 g/mol. The van der Waals surface area contributed by atoms with E-state index in [1.165, 1.54) is 14.0 Å². The highest BCUT2D eigenvalue weighted by molar-refractivity contribution is 5.78. The van der Waals surface area contributed by atoms with Crippen LogP contribution in [-0.4, -0.2) is 69.9 Å². The number of carbonyl (C=O) groups is 1. The summed E-state index contributed by atoms with van der Waals surface area (Å²) in [5.41, 5.74) is 0.303. The number of carbonyl (C=O) groups excluding carboxylic acids is 1. The summed E-state index contributed by atoms with van der Waals surface area (Å²) in [5.74, 6) is -0.806. The van der Waals surface area contributed by atoms with Gasteiger partial charge in [0.25, 0.3) is 6.01 Å². The van der Waals surface area contributed by atoms with Crippen molar-refractivity contribution < 1.29 is 37.3 Å². The maximum atomic E-state index is 13.0. The highest BCUT2D eigenvalue weighted by Gasteiger charge is 2.32. The van der Waals surface area contributed by atoms with Crippen LogP contribution in [0.15, 0.2) is 28.7 Å². The summed E-state index contributed by atoms with van der Waals surface area (Å²) >= 11 is 0. The Kier molecular flexibility index (Phi) is 7.36. The maximum absolute atomic E-state index is 13.0. The lowest BCUT2D eigenvalue weighted by Gasteiger charge is -2.35. The maximum Gasteiger partial charge on any atom is 0.416 e. The first-order valence-corrected chi connectivity index (χ1v) is 11.5. The normalized spacial score (nSPS) is 18.9. The average Bonchev–Trinajstić information content (AvgIpc) is 3.19. The van der Waals surface area contributed by atoms with Crippen molar-refractivity contribution in [2.45, 2.75) is 44.5 Å². The van der Waals surface area contributed by atoms with E-state index in [0.717, 1.165) is 6.07 Å². The lowest BCUT2D eigenvalue weighted by molar-refractivity contribution is -0.141. The number of rotatable bonds is 7. The monoisotopic (exact) mass is 508 g/mol. The Balaban J connectivity index is 1.48. The molecule has 1 saturated heterocycles. The Morgan fingerprint density at radius 3 is 2.75 bits per heavy atom. The fraction of sp³-hybridized carbons (Fsp3) is 0.458. The second-order valence-corrected chi connectivity index (χ2v) is 8.89. The molecule has 2 atom stereocenters. The number of phenols is 1. The first kappa shape index (κ1) is 25.7. The Labute approximate surface area is 204 Å². The number of hydrogen-bond acceptors (Lipinski definition) is 9. The summed E-state index contributed by atoms with van der Waals surface area (Å²) < 4.78 is 49.5. The molecule has 194 valence electrons. The quantitative estimate of drug-likeness (QED) is 0.410. The molecule has 36 heavy (non-hydrogen) atoms. The minimum absolute atomic E-state index is 0.166. The molecule has 0 spiro atoms. The molecule has 2 aromatic heterocycles. The molecular formula is C24H27F3N4O5. The lowest BCUT2D eigenvalue weighted by Crippen LogP contribution is -2.48. The number of alkyl halides is 3. The number of esters is 1. The number of aromatic hydroxyl groups is 1. The van der Waals surface area contributed by atoms with E-state index in [1.807, 2.05) is 4.90 Å². The zero-order chi connectivity index (χ0) is 26.0. The third-order valence-electron chi connectivity index (χ3n) is 6.07. The first-order chi connectivity index (χ1) is 17.0. The summed E-state index contributed by atoms with van der Waals surface area (Å²) in [5, 5.41) is 23.7. The Morgan fingerprint density at radius 1 is 1.28 bits per heavy atom. The van der Waals surface area contributed by atoms with Gasteiger partial charge in [0.05, 0.1) is 24.5 Å². The number of fused-ring (bicyclic) bond motifs is 1. The predicted octanol–water partition coefficient (Wildman–Crippen LogP) is 3.72. The van der Waals surface area contributed by atoms with Gasteiger partial charge in [-0.2, -0.15) is 18.2 Å². The number of pyridine rings is 1. The largest absolute Gasteiger partial charge is 0.507 e. The minimum atomic E-state index is -4.57. The fourth-order valence-corrected chi connectivity index (χ4v) is 4.46. The molecule has 0 bridgehead atoms. The van der Waals surface area contributed by atoms with E-state index in [-0.39, 0.29) is 40.5 Å². The number of nitrogens with zero attached hydrogens (tertiary/aromatic N) is 3. The number of methoxy groups -OCH3 is 1. The van der Waals surface area contributed by atoms with Gasteiger partial charge in [-0.15, -0.1) is 0 Å². The number of nitrogens with one attached hydrogen (secondary N) is 1. The number of aliphatic hydroxyl groups excluding tert-OH is 1. The number of aliphatic hydroxyl groups is 1. The second kappa shape index (κ2) is 10.3. The minimum Gasteiger partial charge on any atom is -0.507 e. The molecule has 1 aromatic carbocycles. The lowest BCUT2D eigenvalue weighted by atomic mass is 10.0. The highest BCUT2D eigenvalue weighted by Crippen LogP contribution is 2.39. The molecule has 3 aromatic rings. The number of aromatic nitrogens is 2. The molecule has 1 aliphatic rings. The molecule has 12 heteroatoms. The SMILES string of the molecule is COC(=O)CCCN1C[C@@H](O)C[C@@H](Nc2nc3nc(-c4c(C)cc(C(F)(F)F)cc4O)ccc3o2)C1. The molecule has 3 heterocycles. The van der Waals surface area contributed by atoms with Crippen molar-refractivity contribution in [3.63, 3.8) is 0 Å². The number of likely N-dealkylation sites (tertiary alicyclic amines) is 1. The summed E-state index contributed by atoms with van der Waals surface area (Å²) in [6.45, 7) is 3.19. The summed E-state index contributed by atoms with van der Waals surface area (Å²) in [6, 6.07) is 4.79. The number of benzene rings is 1. The van der Waals surface area contributed by atoms with E-state index in [2.05, 4.69) is 20.0 Å². The molecule has 0 amide bonds. The number of β-amino-alcohol motifs (C(OH)–C–C–N with tert-alkyl or cyclic N) is 1. The molecule has 0 unspecified atom stereocenters. The van der Waals surface area contributed by atoms with Crippen molar-refractivity contribution in [3.05, 3.63) is 35.4 Å². The van der Waals surface area contributed by atoms with Gasteiger partial charge in [0.2, 0.25) is 5.65 Å². The first-order valence-electron chi connectivity index (χ1n) is 11.5. The number of phenolic OH excluding ortho intramolecular Hbond substituents is 1. The standard InChI is InChI=1S/C24H27F3N4O5/c1-13-8-14(24(25,26)27)9-18(33)21(13)17-5-6-19-22(29-17)30-23(36-19)28-15-10-16(32)12-31(11-15)7-3-4-20(34)35-2/h5-6,8-9,15-16,32-33H,3-4,7,10-12H2,1-2H3,(H,28,29,30)/t15-,16+/m1/s1. The van der Waals surface area contributed by atoms with E-state index < -0.39 is 23.6 Å². The van der Waals surface area contributed by atoms with Crippen molar-refractivity contribution in [2.75, 3.05) is 32.1 Å². The predicted molar refractivity (Wildman–Crippen MR) is 124 cm³/mol. The number of oxazole rings is 1. The molecule has 0 radical (unpaired) electrons. The zero-order valence-corrected chi connectivity index (χ0v) is 19.8. The Bertz CT molecular complexity index is 1220. The van der Waals surface area contributed by atoms with Gasteiger partial charge in [-0.3, -0.25) is 9.69 Å². The van der Waals surface area contributed by atoms with Crippen LogP contribution in [0.2, 0.25) is 0 Å². The van der Waals surface area contributed by atoms with Gasteiger partial charge in [-0.25, -0.2) is 4.98 Å². The number of halogens is 3. The molecule has 0 aliphatic carbocycles. The van der Waals surface area contributed by atoms with Crippen molar-refractivity contribution in [2.24, 2.45) is 0 Å². The van der Waals surface area contributed by atoms with Crippen LogP contribution in [0.3, 0.4) is 0 Å². The number of piperidine rings is 1. The van der Waals surface area contributed by atoms with Gasteiger partial charge in [-0.05, 0) is 56.1 Å². The number of aryl methyl sites for hydroxylation is 1. The van der Waals surface area contributed by atoms with E-state index in [9.17, 15) is 28.2 Å². The van der Waals surface area contributed by atoms with Gasteiger partial charge in [0.15, 0.2) is 5.58 Å². The Hall–Kier alpha value is -3.38. The van der Waals surface area contributed by atoms with E-state index >= 15 is 0 Å². The second-order valence-electron chi connectivity index (χ2n) is 8.89. The summed E-state index contributed by atoms with van der Waals surface area (Å²) in [6.07, 6.45) is -3.75. The molecule has 4 rings (SSSR count). The van der Waals surface area contributed by atoms with E-state index in [4.69, 9.17) is 4.42 Å². The summed E-state index contributed by atoms with van der Waals surface area (Å²) in [4.78, 5) is 22.1. The number of hydrogen-bond donors (Lipinski definition) is 3. The van der Waals surface area contributed by atoms with Gasteiger partial charge in [0, 0.05) is 31.1 Å². The van der Waals surface area contributed by atoms with Crippen LogP contribution in [0.1, 0.15) is 30.4 Å². The highest BCUT2D eigenvalue weighted by atomic mass is 19.4. The van der Waals surface area contributed by atoms with Crippen LogP contribution in [0.4, 0.5) is 19.2 Å². The van der Waals surface area contributed by atoms with Crippen LogP contribution in [0.25, 0.3) is 22.5 Å². The molecule has 1 fully saturated rings. The van der Waals surface area contributed by atoms with Crippen molar-refractivity contribution in [1.82, 2.24) is 14.9 Å². The van der Waals surface area contributed by atoms with Crippen LogP contribution in [0.5, 0.6) is 5.75 Å². The molecule has 0 saturated carbocycles. The van der Waals surface area contributed by atoms with E-state index in [0.29, 0.717) is 50.5 Å². The van der Waals surface area contributed by atoms with Gasteiger partial charge < -0.3 is 24.7 Å². The van der Waals surface area contributed by atoms with Crippen LogP contribution in [-0.2, 0) is 15.7 Å². The van der Waals surface area contributed by atoms with Crippen molar-refractivity contribution >= 4 is 23.2 Å². The van der Waals surface area contributed by atoms with Gasteiger partial charge in [0.1, 0.15) is 5.75 Å². The summed E-state index contributed by atoms with van der Waals surface area (Å²) in [7, 11) is 1.35.